The average molecular weight is 214 g/mol. The molecule has 0 aromatic rings. The standard InChI is InChI=1S/C10H18N2O3/c13-9(14)12(8-1-2-8)7-10(15)3-5-11-6-4-10/h8,11,15H,1-7H2,(H,13,14). The molecule has 0 atom stereocenters. The van der Waals surface area contributed by atoms with E-state index in [0.717, 1.165) is 25.9 Å². The van der Waals surface area contributed by atoms with Crippen molar-refractivity contribution in [2.75, 3.05) is 19.6 Å². The molecule has 15 heavy (non-hydrogen) atoms. The van der Waals surface area contributed by atoms with Crippen LogP contribution in [0, 0.1) is 0 Å². The highest BCUT2D eigenvalue weighted by atomic mass is 16.4. The highest BCUT2D eigenvalue weighted by molar-refractivity contribution is 5.66. The maximum Gasteiger partial charge on any atom is 0.407 e. The van der Waals surface area contributed by atoms with Crippen LogP contribution in [-0.4, -0.2) is 52.5 Å². The van der Waals surface area contributed by atoms with Crippen LogP contribution in [0.25, 0.3) is 0 Å². The lowest BCUT2D eigenvalue weighted by Gasteiger charge is -2.36. The lowest BCUT2D eigenvalue weighted by Crippen LogP contribution is -2.51. The summed E-state index contributed by atoms with van der Waals surface area (Å²) in [6.45, 7) is 1.82. The topological polar surface area (TPSA) is 72.8 Å². The Morgan fingerprint density at radius 2 is 2.00 bits per heavy atom. The van der Waals surface area contributed by atoms with Gasteiger partial charge in [-0.1, -0.05) is 0 Å². The molecule has 1 heterocycles. The van der Waals surface area contributed by atoms with Gasteiger partial charge in [0.2, 0.25) is 0 Å². The summed E-state index contributed by atoms with van der Waals surface area (Å²) < 4.78 is 0. The summed E-state index contributed by atoms with van der Waals surface area (Å²) in [6, 6.07) is 0.154. The van der Waals surface area contributed by atoms with E-state index in [4.69, 9.17) is 5.11 Å². The van der Waals surface area contributed by atoms with Crippen LogP contribution < -0.4 is 5.32 Å². The number of piperidine rings is 1. The van der Waals surface area contributed by atoms with Crippen molar-refractivity contribution in [1.82, 2.24) is 10.2 Å². The van der Waals surface area contributed by atoms with Gasteiger partial charge in [-0.05, 0) is 38.8 Å². The molecule has 0 radical (unpaired) electrons. The van der Waals surface area contributed by atoms with Crippen LogP contribution in [0.5, 0.6) is 0 Å². The first-order chi connectivity index (χ1) is 7.11. The van der Waals surface area contributed by atoms with Crippen molar-refractivity contribution < 1.29 is 15.0 Å². The van der Waals surface area contributed by atoms with Crippen LogP contribution in [-0.2, 0) is 0 Å². The molecule has 1 saturated heterocycles. The van der Waals surface area contributed by atoms with Crippen molar-refractivity contribution in [3.8, 4) is 0 Å². The van der Waals surface area contributed by atoms with E-state index >= 15 is 0 Å². The zero-order valence-electron chi connectivity index (χ0n) is 8.78. The molecule has 1 saturated carbocycles. The van der Waals surface area contributed by atoms with Crippen LogP contribution in [0.15, 0.2) is 0 Å². The van der Waals surface area contributed by atoms with Crippen molar-refractivity contribution in [2.45, 2.75) is 37.3 Å². The highest BCUT2D eigenvalue weighted by Crippen LogP contribution is 2.30. The first kappa shape index (κ1) is 10.7. The minimum Gasteiger partial charge on any atom is -0.465 e. The van der Waals surface area contributed by atoms with Gasteiger partial charge in [0.05, 0.1) is 12.1 Å². The Kier molecular flexibility index (Phi) is 2.84. The number of carboxylic acid groups (broad SMARTS) is 1. The van der Waals surface area contributed by atoms with Gasteiger partial charge < -0.3 is 20.4 Å². The third-order valence-electron chi connectivity index (χ3n) is 3.23. The Morgan fingerprint density at radius 1 is 1.40 bits per heavy atom. The summed E-state index contributed by atoms with van der Waals surface area (Å²) in [4.78, 5) is 12.4. The molecule has 5 heteroatoms. The van der Waals surface area contributed by atoms with E-state index in [1.165, 1.54) is 4.90 Å². The van der Waals surface area contributed by atoms with Gasteiger partial charge >= 0.3 is 6.09 Å². The summed E-state index contributed by atoms with van der Waals surface area (Å²) in [5.41, 5.74) is -0.813. The molecule has 2 rings (SSSR count). The Balaban J connectivity index is 1.94. The normalized spacial score (nSPS) is 24.9. The third kappa shape index (κ3) is 2.60. The zero-order valence-corrected chi connectivity index (χ0v) is 8.78. The molecule has 3 N–H and O–H groups in total. The molecule has 0 spiro atoms. The average Bonchev–Trinajstić information content (AvgIpc) is 2.98. The lowest BCUT2D eigenvalue weighted by atomic mass is 9.92. The minimum atomic E-state index is -0.899. The Morgan fingerprint density at radius 3 is 2.47 bits per heavy atom. The predicted molar refractivity (Wildman–Crippen MR) is 54.8 cm³/mol. The van der Waals surface area contributed by atoms with E-state index in [-0.39, 0.29) is 12.6 Å². The summed E-state index contributed by atoms with van der Waals surface area (Å²) in [5.74, 6) is 0. The van der Waals surface area contributed by atoms with Crippen molar-refractivity contribution in [2.24, 2.45) is 0 Å². The number of hydrogen-bond donors (Lipinski definition) is 3. The van der Waals surface area contributed by atoms with E-state index in [1.54, 1.807) is 0 Å². The minimum absolute atomic E-state index is 0.154. The number of hydrogen-bond acceptors (Lipinski definition) is 3. The summed E-state index contributed by atoms with van der Waals surface area (Å²) in [7, 11) is 0. The Hall–Kier alpha value is -0.810. The van der Waals surface area contributed by atoms with Gasteiger partial charge in [0, 0.05) is 6.04 Å². The maximum atomic E-state index is 11.0. The second kappa shape index (κ2) is 3.98. The molecule has 0 bridgehead atoms. The first-order valence-electron chi connectivity index (χ1n) is 5.53. The SMILES string of the molecule is O=C(O)N(CC1(O)CCNCC1)C1CC1. The van der Waals surface area contributed by atoms with Gasteiger partial charge in [-0.2, -0.15) is 0 Å². The molecule has 0 aromatic heterocycles. The fourth-order valence-corrected chi connectivity index (χ4v) is 2.11. The molecule has 1 aliphatic heterocycles. The fraction of sp³-hybridized carbons (Fsp3) is 0.900. The number of rotatable bonds is 3. The fourth-order valence-electron chi connectivity index (χ4n) is 2.11. The van der Waals surface area contributed by atoms with E-state index in [2.05, 4.69) is 5.32 Å². The van der Waals surface area contributed by atoms with Gasteiger partial charge in [0.25, 0.3) is 0 Å². The van der Waals surface area contributed by atoms with Crippen LogP contribution in [0.4, 0.5) is 4.79 Å². The zero-order chi connectivity index (χ0) is 10.9. The highest BCUT2D eigenvalue weighted by Gasteiger charge is 2.39. The van der Waals surface area contributed by atoms with Crippen molar-refractivity contribution >= 4 is 6.09 Å². The molecule has 1 amide bonds. The number of carbonyl (C=O) groups is 1. The largest absolute Gasteiger partial charge is 0.465 e. The first-order valence-corrected chi connectivity index (χ1v) is 5.53. The monoisotopic (exact) mass is 214 g/mol. The van der Waals surface area contributed by atoms with Crippen LogP contribution in [0.1, 0.15) is 25.7 Å². The van der Waals surface area contributed by atoms with E-state index in [9.17, 15) is 9.90 Å². The molecule has 5 nitrogen and oxygen atoms in total. The lowest BCUT2D eigenvalue weighted by molar-refractivity contribution is -0.0188. The van der Waals surface area contributed by atoms with Crippen LogP contribution in [0.2, 0.25) is 0 Å². The van der Waals surface area contributed by atoms with Crippen molar-refractivity contribution in [1.29, 1.82) is 0 Å². The van der Waals surface area contributed by atoms with Gasteiger partial charge in [0.15, 0.2) is 0 Å². The summed E-state index contributed by atoms with van der Waals surface area (Å²) >= 11 is 0. The molecule has 1 aliphatic carbocycles. The predicted octanol–water partition coefficient (Wildman–Crippen LogP) is 0.243. The molecule has 2 aliphatic rings. The van der Waals surface area contributed by atoms with Gasteiger partial charge in [0.1, 0.15) is 0 Å². The maximum absolute atomic E-state index is 11.0. The molecule has 0 aromatic carbocycles. The second-order valence-electron chi connectivity index (χ2n) is 4.62. The molecule has 86 valence electrons. The Bertz CT molecular complexity index is 247. The van der Waals surface area contributed by atoms with Gasteiger partial charge in [-0.15, -0.1) is 0 Å². The van der Waals surface area contributed by atoms with E-state index < -0.39 is 11.7 Å². The summed E-state index contributed by atoms with van der Waals surface area (Å²) in [6.07, 6.45) is 2.28. The Labute approximate surface area is 89.1 Å². The number of nitrogens with zero attached hydrogens (tertiary/aromatic N) is 1. The quantitative estimate of drug-likeness (QED) is 0.629. The second-order valence-corrected chi connectivity index (χ2v) is 4.62. The third-order valence-corrected chi connectivity index (χ3v) is 3.23. The molecular formula is C10H18N2O3. The number of aliphatic hydroxyl groups is 1. The molecule has 0 unspecified atom stereocenters. The van der Waals surface area contributed by atoms with E-state index in [0.29, 0.717) is 12.8 Å². The smallest absolute Gasteiger partial charge is 0.407 e. The van der Waals surface area contributed by atoms with Crippen molar-refractivity contribution in [3.63, 3.8) is 0 Å². The summed E-state index contributed by atoms with van der Waals surface area (Å²) in [5, 5.41) is 22.4. The van der Waals surface area contributed by atoms with Gasteiger partial charge in [-0.25, -0.2) is 4.79 Å². The van der Waals surface area contributed by atoms with Crippen LogP contribution >= 0.6 is 0 Å². The molecule has 2 fully saturated rings. The number of nitrogens with one attached hydrogen (secondary N) is 1. The van der Waals surface area contributed by atoms with E-state index in [1.807, 2.05) is 0 Å². The van der Waals surface area contributed by atoms with Crippen molar-refractivity contribution in [3.05, 3.63) is 0 Å². The van der Waals surface area contributed by atoms with Crippen LogP contribution in [0.3, 0.4) is 0 Å². The number of amides is 1. The molecular weight excluding hydrogens is 196 g/mol. The van der Waals surface area contributed by atoms with Gasteiger partial charge in [-0.3, -0.25) is 0 Å².